The van der Waals surface area contributed by atoms with Crippen LogP contribution < -0.4 is 9.80 Å². The van der Waals surface area contributed by atoms with E-state index in [-0.39, 0.29) is 0 Å². The molecular weight excluding hydrogens is 1080 g/mol. The Kier molecular flexibility index (Phi) is 12.8. The molecule has 4 heteroatoms. The molecule has 12 aromatic carbocycles. The van der Waals surface area contributed by atoms with Crippen LogP contribution >= 0.6 is 0 Å². The number of hydrogen-bond acceptors (Lipinski definition) is 4. The third kappa shape index (κ3) is 8.32. The van der Waals surface area contributed by atoms with Crippen molar-refractivity contribution in [2.45, 2.75) is 109 Å². The van der Waals surface area contributed by atoms with E-state index in [0.29, 0.717) is 11.8 Å². The summed E-state index contributed by atoms with van der Waals surface area (Å²) in [6.07, 6.45) is 12.5. The second-order valence-corrected chi connectivity index (χ2v) is 26.0. The molecule has 0 bridgehead atoms. The first kappa shape index (κ1) is 53.6. The average Bonchev–Trinajstić information content (AvgIpc) is 1.55. The predicted molar refractivity (Wildman–Crippen MR) is 373 cm³/mol. The van der Waals surface area contributed by atoms with Crippen LogP contribution in [0.25, 0.3) is 76.5 Å². The van der Waals surface area contributed by atoms with Gasteiger partial charge in [0.15, 0.2) is 11.2 Å². The molecule has 89 heavy (non-hydrogen) atoms. The Morgan fingerprint density at radius 1 is 0.303 bits per heavy atom. The zero-order chi connectivity index (χ0) is 59.5. The molecule has 2 fully saturated rings. The fourth-order valence-corrected chi connectivity index (χ4v) is 16.5. The zero-order valence-corrected chi connectivity index (χ0v) is 51.4. The van der Waals surface area contributed by atoms with Crippen LogP contribution in [0.2, 0.25) is 0 Å². The van der Waals surface area contributed by atoms with Crippen molar-refractivity contribution in [2.24, 2.45) is 0 Å². The van der Waals surface area contributed by atoms with Crippen molar-refractivity contribution in [3.63, 3.8) is 0 Å². The summed E-state index contributed by atoms with van der Waals surface area (Å²) in [5, 5.41) is 9.37. The summed E-state index contributed by atoms with van der Waals surface area (Å²) < 4.78 is 15.0. The van der Waals surface area contributed by atoms with E-state index < -0.39 is 5.41 Å². The first-order chi connectivity index (χ1) is 43.8. The Morgan fingerprint density at radius 3 is 1.07 bits per heavy atom. The van der Waals surface area contributed by atoms with Gasteiger partial charge in [0.05, 0.1) is 28.2 Å². The monoisotopic (exact) mass is 1150 g/mol. The summed E-state index contributed by atoms with van der Waals surface area (Å²) in [6, 6.07) is 87.7. The van der Waals surface area contributed by atoms with E-state index in [4.69, 9.17) is 8.83 Å². The van der Waals surface area contributed by atoms with Gasteiger partial charge < -0.3 is 18.6 Å². The minimum absolute atomic E-state index is 0.488. The molecule has 4 nitrogen and oxygen atoms in total. The van der Waals surface area contributed by atoms with Gasteiger partial charge in [-0.3, -0.25) is 0 Å². The Balaban J connectivity index is 0.982. The summed E-state index contributed by atoms with van der Waals surface area (Å²) in [4.78, 5) is 5.06. The van der Waals surface area contributed by atoms with Crippen molar-refractivity contribution < 1.29 is 8.83 Å². The van der Waals surface area contributed by atoms with E-state index >= 15 is 0 Å². The van der Waals surface area contributed by atoms with Crippen molar-refractivity contribution >= 4 is 99.5 Å². The van der Waals surface area contributed by atoms with Gasteiger partial charge in [-0.2, -0.15) is 0 Å². The van der Waals surface area contributed by atoms with E-state index in [0.717, 1.165) is 78.0 Å². The Morgan fingerprint density at radius 2 is 0.663 bits per heavy atom. The molecule has 0 atom stereocenters. The molecule has 0 unspecified atom stereocenters. The maximum absolute atomic E-state index is 7.48. The molecule has 0 spiro atoms. The Hall–Kier alpha value is -9.64. The van der Waals surface area contributed by atoms with E-state index in [9.17, 15) is 0 Å². The molecule has 0 saturated heterocycles. The highest BCUT2D eigenvalue weighted by Gasteiger charge is 2.49. The SMILES string of the molecule is Cc1ccc(N(c2cc3c(c4ccccc24)-c2c(cc(N(c4ccc(C)c(C)c4)c4cccc5c4oc4c(C6CCCCC6)cccc45)c4ccccc24)C3(c2ccccc2)c2ccccc2)c2cccc3c2oc2c(C4CCCCC4)cccc23)cc1C. The molecule has 0 radical (unpaired) electrons. The number of para-hydroxylation sites is 4. The summed E-state index contributed by atoms with van der Waals surface area (Å²) in [7, 11) is 0. The molecule has 0 aliphatic heterocycles. The lowest BCUT2D eigenvalue weighted by molar-refractivity contribution is 0.442. The minimum atomic E-state index is -0.824. The van der Waals surface area contributed by atoms with Crippen LogP contribution in [0.5, 0.6) is 0 Å². The van der Waals surface area contributed by atoms with Crippen LogP contribution in [0.1, 0.15) is 132 Å². The smallest absolute Gasteiger partial charge is 0.159 e. The standard InChI is InChI=1S/C85H72N2O2/c1-53-45-47-61(49-55(53)3)86(75-43-23-41-71-69-39-21-37-63(81(69)88-83(71)75)57-25-9-5-10-26-57)77-51-73-79(67-35-19-17-33-65(67)77)80-68-36-20-18-34-66(68)78(52-74(80)85(73,59-29-13-7-14-30-59)60-31-15-8-16-32-60)87(62-48-46-54(2)56(4)50-62)76-44-24-42-72-70-40-22-38-64(82(70)89-84(72)76)58-27-11-6-12-28-58/h7-8,13-24,29-52,57-58H,5-6,9-12,25-28H2,1-4H3. The number of nitrogens with zero attached hydrogens (tertiary/aromatic N) is 2. The second kappa shape index (κ2) is 21.3. The van der Waals surface area contributed by atoms with Crippen molar-refractivity contribution in [2.75, 3.05) is 9.80 Å². The van der Waals surface area contributed by atoms with Crippen LogP contribution in [-0.4, -0.2) is 0 Å². The number of benzene rings is 12. The molecule has 0 N–H and O–H groups in total. The highest BCUT2D eigenvalue weighted by molar-refractivity contribution is 6.20. The topological polar surface area (TPSA) is 32.8 Å². The van der Waals surface area contributed by atoms with Crippen molar-refractivity contribution in [1.82, 2.24) is 0 Å². The molecule has 3 aliphatic carbocycles. The molecule has 17 rings (SSSR count). The van der Waals surface area contributed by atoms with Crippen molar-refractivity contribution in [3.05, 3.63) is 286 Å². The van der Waals surface area contributed by atoms with Crippen molar-refractivity contribution in [3.8, 4) is 11.1 Å². The fourth-order valence-electron chi connectivity index (χ4n) is 16.5. The van der Waals surface area contributed by atoms with Gasteiger partial charge in [-0.15, -0.1) is 0 Å². The maximum atomic E-state index is 7.48. The van der Waals surface area contributed by atoms with Crippen LogP contribution in [0, 0.1) is 27.7 Å². The van der Waals surface area contributed by atoms with Gasteiger partial charge in [-0.25, -0.2) is 0 Å². The highest BCUT2D eigenvalue weighted by atomic mass is 16.3. The highest BCUT2D eigenvalue weighted by Crippen LogP contribution is 2.63. The largest absolute Gasteiger partial charge is 0.454 e. The van der Waals surface area contributed by atoms with E-state index in [1.54, 1.807) is 0 Å². The minimum Gasteiger partial charge on any atom is -0.454 e. The number of fused-ring (bicyclic) bond motifs is 13. The van der Waals surface area contributed by atoms with Gasteiger partial charge in [0.25, 0.3) is 0 Å². The average molecular weight is 1150 g/mol. The molecule has 434 valence electrons. The molecule has 2 aromatic heterocycles. The van der Waals surface area contributed by atoms with Gasteiger partial charge >= 0.3 is 0 Å². The quantitative estimate of drug-likeness (QED) is 0.137. The van der Waals surface area contributed by atoms with Crippen molar-refractivity contribution in [1.29, 1.82) is 0 Å². The molecular formula is C85H72N2O2. The Labute approximate surface area is 521 Å². The van der Waals surface area contributed by atoms with E-state index in [1.807, 2.05) is 0 Å². The maximum Gasteiger partial charge on any atom is 0.159 e. The van der Waals surface area contributed by atoms with Gasteiger partial charge in [-0.05, 0) is 191 Å². The summed E-state index contributed by atoms with van der Waals surface area (Å²) in [5.41, 5.74) is 24.5. The number of aryl methyl sites for hydroxylation is 4. The van der Waals surface area contributed by atoms with Crippen LogP contribution in [0.3, 0.4) is 0 Å². The van der Waals surface area contributed by atoms with Crippen LogP contribution in [0.15, 0.2) is 239 Å². The molecule has 0 amide bonds. The normalized spacial score (nSPS) is 15.2. The molecule has 2 heterocycles. The van der Waals surface area contributed by atoms with E-state index in [1.165, 1.54) is 153 Å². The first-order valence-electron chi connectivity index (χ1n) is 32.7. The number of furan rings is 2. The third-order valence-electron chi connectivity index (χ3n) is 21.1. The molecule has 14 aromatic rings. The van der Waals surface area contributed by atoms with Crippen LogP contribution in [0.4, 0.5) is 34.1 Å². The summed E-state index contributed by atoms with van der Waals surface area (Å²) >= 11 is 0. The summed E-state index contributed by atoms with van der Waals surface area (Å²) in [5.74, 6) is 0.975. The second-order valence-electron chi connectivity index (χ2n) is 26.0. The lowest BCUT2D eigenvalue weighted by Crippen LogP contribution is -2.29. The number of rotatable bonds is 10. The number of anilines is 6. The molecule has 3 aliphatic rings. The zero-order valence-electron chi connectivity index (χ0n) is 51.4. The predicted octanol–water partition coefficient (Wildman–Crippen LogP) is 24.4. The van der Waals surface area contributed by atoms with E-state index in [2.05, 4.69) is 268 Å². The lowest BCUT2D eigenvalue weighted by Gasteiger charge is -2.36. The van der Waals surface area contributed by atoms with Crippen LogP contribution in [-0.2, 0) is 5.41 Å². The molecule has 2 saturated carbocycles. The third-order valence-corrected chi connectivity index (χ3v) is 21.1. The van der Waals surface area contributed by atoms with Gasteiger partial charge in [0.1, 0.15) is 11.2 Å². The fraction of sp³-hybridized carbons (Fsp3) is 0.200. The van der Waals surface area contributed by atoms with Gasteiger partial charge in [0.2, 0.25) is 0 Å². The number of hydrogen-bond donors (Lipinski definition) is 0. The van der Waals surface area contributed by atoms with Gasteiger partial charge in [-0.1, -0.05) is 221 Å². The Bertz CT molecular complexity index is 4790. The lowest BCUT2D eigenvalue weighted by atomic mass is 9.67. The summed E-state index contributed by atoms with van der Waals surface area (Å²) in [6.45, 7) is 8.93. The van der Waals surface area contributed by atoms with Gasteiger partial charge in [0, 0.05) is 43.7 Å². The first-order valence-corrected chi connectivity index (χ1v) is 32.7.